The highest BCUT2D eigenvalue weighted by atomic mass is 19.4. The second-order valence-electron chi connectivity index (χ2n) is 6.38. The Hall–Kier alpha value is -4.08. The monoisotopic (exact) mass is 445 g/mol. The second kappa shape index (κ2) is 9.82. The Kier molecular flexibility index (Phi) is 6.93. The van der Waals surface area contributed by atoms with Crippen LogP contribution in [0.4, 0.5) is 13.2 Å². The number of nitrogens with one attached hydrogen (secondary N) is 1. The van der Waals surface area contributed by atoms with Crippen LogP contribution >= 0.6 is 0 Å². The lowest BCUT2D eigenvalue weighted by Crippen LogP contribution is -2.18. The zero-order chi connectivity index (χ0) is 23.1. The predicted molar refractivity (Wildman–Crippen MR) is 111 cm³/mol. The van der Waals surface area contributed by atoms with Crippen LogP contribution in [-0.2, 0) is 0 Å². The summed E-state index contributed by atoms with van der Waals surface area (Å²) in [6, 6.07) is 11.9. The highest BCUT2D eigenvalue weighted by Gasteiger charge is 2.30. The van der Waals surface area contributed by atoms with Crippen LogP contribution in [0.2, 0.25) is 0 Å². The number of carbonyl (C=O) groups is 1. The summed E-state index contributed by atoms with van der Waals surface area (Å²) in [7, 11) is 3.04. The summed E-state index contributed by atoms with van der Waals surface area (Å²) < 4.78 is 51.1. The molecule has 10 heteroatoms. The number of nitrogens with zero attached hydrogens (tertiary/aromatic N) is 2. The van der Waals surface area contributed by atoms with Crippen molar-refractivity contribution in [3.05, 3.63) is 72.1 Å². The number of hydrogen-bond acceptors (Lipinski definition) is 6. The van der Waals surface area contributed by atoms with Gasteiger partial charge in [0.15, 0.2) is 0 Å². The fraction of sp³-hybridized carbons (Fsp3) is 0.136. The Labute approximate surface area is 181 Å². The molecule has 0 saturated heterocycles. The van der Waals surface area contributed by atoms with Gasteiger partial charge in [0.05, 0.1) is 26.0 Å². The van der Waals surface area contributed by atoms with Crippen molar-refractivity contribution in [3.63, 3.8) is 0 Å². The topological polar surface area (TPSA) is 82.0 Å². The molecular weight excluding hydrogens is 427 g/mol. The van der Waals surface area contributed by atoms with Crippen LogP contribution < -0.4 is 19.6 Å². The van der Waals surface area contributed by atoms with Crippen molar-refractivity contribution in [2.45, 2.75) is 6.36 Å². The standard InChI is InChI=1S/C22H18F3N3O4/c1-30-19-7-14(8-20(10-19)31-2)11-27-28-21(29)17-9-16(12-26-13-17)15-3-5-18(6-4-15)32-22(23,24)25/h3-13H,1-2H3,(H,28,29). The number of halogens is 3. The SMILES string of the molecule is COc1cc(C=NNC(=O)c2cncc(-c3ccc(OC(F)(F)F)cc3)c2)cc(OC)c1. The summed E-state index contributed by atoms with van der Waals surface area (Å²) >= 11 is 0. The Morgan fingerprint density at radius 3 is 2.19 bits per heavy atom. The van der Waals surface area contributed by atoms with E-state index in [1.54, 1.807) is 24.3 Å². The number of pyridine rings is 1. The summed E-state index contributed by atoms with van der Waals surface area (Å²) in [6.45, 7) is 0. The number of carbonyl (C=O) groups excluding carboxylic acids is 1. The van der Waals surface area contributed by atoms with Crippen LogP contribution in [0.5, 0.6) is 17.2 Å². The maximum absolute atomic E-state index is 12.4. The summed E-state index contributed by atoms with van der Waals surface area (Å²) in [6.07, 6.45) is -0.497. The zero-order valence-electron chi connectivity index (χ0n) is 17.0. The normalized spacial score (nSPS) is 11.3. The molecule has 0 fully saturated rings. The molecule has 0 unspecified atom stereocenters. The molecule has 32 heavy (non-hydrogen) atoms. The maximum atomic E-state index is 12.4. The van der Waals surface area contributed by atoms with Gasteiger partial charge in [-0.05, 0) is 35.9 Å². The Morgan fingerprint density at radius 1 is 0.938 bits per heavy atom. The van der Waals surface area contributed by atoms with Crippen molar-refractivity contribution in [2.24, 2.45) is 5.10 Å². The molecule has 0 atom stereocenters. The third kappa shape index (κ3) is 6.21. The first-order valence-corrected chi connectivity index (χ1v) is 9.15. The first-order valence-electron chi connectivity index (χ1n) is 9.15. The van der Waals surface area contributed by atoms with E-state index in [1.165, 1.54) is 57.1 Å². The van der Waals surface area contributed by atoms with Gasteiger partial charge in [-0.15, -0.1) is 13.2 Å². The molecule has 0 aliphatic heterocycles. The van der Waals surface area contributed by atoms with Gasteiger partial charge in [0.25, 0.3) is 5.91 Å². The summed E-state index contributed by atoms with van der Waals surface area (Å²) in [5.74, 6) is 0.287. The van der Waals surface area contributed by atoms with E-state index in [0.717, 1.165) is 0 Å². The van der Waals surface area contributed by atoms with Crippen molar-refractivity contribution < 1.29 is 32.2 Å². The van der Waals surface area contributed by atoms with Gasteiger partial charge in [0, 0.05) is 29.6 Å². The molecule has 0 radical (unpaired) electrons. The molecule has 1 amide bonds. The molecule has 166 valence electrons. The molecule has 3 rings (SSSR count). The highest BCUT2D eigenvalue weighted by Crippen LogP contribution is 2.26. The number of alkyl halides is 3. The average Bonchev–Trinajstić information content (AvgIpc) is 2.78. The number of ether oxygens (including phenoxy) is 3. The predicted octanol–water partition coefficient (Wildman–Crippen LogP) is 4.43. The van der Waals surface area contributed by atoms with E-state index in [4.69, 9.17) is 9.47 Å². The van der Waals surface area contributed by atoms with Gasteiger partial charge in [-0.3, -0.25) is 9.78 Å². The zero-order valence-corrected chi connectivity index (χ0v) is 17.0. The number of amides is 1. The van der Waals surface area contributed by atoms with Crippen LogP contribution in [0.25, 0.3) is 11.1 Å². The molecule has 0 aliphatic carbocycles. The first kappa shape index (κ1) is 22.6. The lowest BCUT2D eigenvalue weighted by Gasteiger charge is -2.09. The van der Waals surface area contributed by atoms with Crippen molar-refractivity contribution in [2.75, 3.05) is 14.2 Å². The van der Waals surface area contributed by atoms with Crippen molar-refractivity contribution in [1.82, 2.24) is 10.4 Å². The minimum Gasteiger partial charge on any atom is -0.497 e. The average molecular weight is 445 g/mol. The van der Waals surface area contributed by atoms with E-state index >= 15 is 0 Å². The van der Waals surface area contributed by atoms with Gasteiger partial charge in [-0.1, -0.05) is 12.1 Å². The van der Waals surface area contributed by atoms with Crippen LogP contribution in [0.1, 0.15) is 15.9 Å². The first-order chi connectivity index (χ1) is 15.3. The number of aromatic nitrogens is 1. The quantitative estimate of drug-likeness (QED) is 0.430. The van der Waals surface area contributed by atoms with Crippen LogP contribution in [0.15, 0.2) is 66.0 Å². The maximum Gasteiger partial charge on any atom is 0.573 e. The van der Waals surface area contributed by atoms with E-state index in [2.05, 4.69) is 20.2 Å². The molecule has 7 nitrogen and oxygen atoms in total. The number of hydrazone groups is 1. The van der Waals surface area contributed by atoms with Gasteiger partial charge in [0.2, 0.25) is 0 Å². The fourth-order valence-corrected chi connectivity index (χ4v) is 2.71. The van der Waals surface area contributed by atoms with Gasteiger partial charge in [0.1, 0.15) is 17.2 Å². The van der Waals surface area contributed by atoms with Gasteiger partial charge >= 0.3 is 6.36 Å². The molecule has 1 N–H and O–H groups in total. The Morgan fingerprint density at radius 2 is 1.59 bits per heavy atom. The van der Waals surface area contributed by atoms with Crippen molar-refractivity contribution in [1.29, 1.82) is 0 Å². The van der Waals surface area contributed by atoms with E-state index in [1.807, 2.05) is 0 Å². The lowest BCUT2D eigenvalue weighted by atomic mass is 10.1. The number of benzene rings is 2. The molecule has 3 aromatic rings. The minimum atomic E-state index is -4.77. The largest absolute Gasteiger partial charge is 0.573 e. The van der Waals surface area contributed by atoms with E-state index < -0.39 is 12.3 Å². The van der Waals surface area contributed by atoms with Gasteiger partial charge in [-0.2, -0.15) is 5.10 Å². The molecule has 1 aromatic heterocycles. The minimum absolute atomic E-state index is 0.221. The number of hydrogen-bond donors (Lipinski definition) is 1. The third-order valence-electron chi connectivity index (χ3n) is 4.18. The van der Waals surface area contributed by atoms with Crippen LogP contribution in [-0.4, -0.2) is 37.7 Å². The Bertz CT molecular complexity index is 1090. The molecule has 0 saturated carbocycles. The van der Waals surface area contributed by atoms with Gasteiger partial charge < -0.3 is 14.2 Å². The summed E-state index contributed by atoms with van der Waals surface area (Å²) in [5, 5.41) is 3.93. The van der Waals surface area contributed by atoms with Crippen LogP contribution in [0.3, 0.4) is 0 Å². The molecule has 2 aromatic carbocycles. The summed E-state index contributed by atoms with van der Waals surface area (Å²) in [4.78, 5) is 16.4. The van der Waals surface area contributed by atoms with E-state index in [9.17, 15) is 18.0 Å². The van der Waals surface area contributed by atoms with Crippen molar-refractivity contribution in [3.8, 4) is 28.4 Å². The highest BCUT2D eigenvalue weighted by molar-refractivity contribution is 5.95. The molecule has 0 aliphatic rings. The molecule has 1 heterocycles. The lowest BCUT2D eigenvalue weighted by molar-refractivity contribution is -0.274. The third-order valence-corrected chi connectivity index (χ3v) is 4.18. The molecular formula is C22H18F3N3O4. The summed E-state index contributed by atoms with van der Waals surface area (Å²) in [5.41, 5.74) is 4.37. The van der Waals surface area contributed by atoms with Crippen LogP contribution in [0, 0.1) is 0 Å². The molecule has 0 spiro atoms. The van der Waals surface area contributed by atoms with Gasteiger partial charge in [-0.25, -0.2) is 5.43 Å². The number of rotatable bonds is 7. The fourth-order valence-electron chi connectivity index (χ4n) is 2.71. The Balaban J connectivity index is 1.70. The van der Waals surface area contributed by atoms with E-state index in [0.29, 0.717) is 28.2 Å². The molecule has 0 bridgehead atoms. The van der Waals surface area contributed by atoms with E-state index in [-0.39, 0.29) is 11.3 Å². The number of methoxy groups -OCH3 is 2. The smallest absolute Gasteiger partial charge is 0.497 e. The van der Waals surface area contributed by atoms with Crippen molar-refractivity contribution >= 4 is 12.1 Å². The second-order valence-corrected chi connectivity index (χ2v) is 6.38.